The normalized spacial score (nSPS) is 18.1. The van der Waals surface area contributed by atoms with Crippen molar-refractivity contribution in [3.8, 4) is 0 Å². The van der Waals surface area contributed by atoms with Crippen molar-refractivity contribution < 1.29 is 0 Å². The molecule has 2 aromatic rings. The summed E-state index contributed by atoms with van der Waals surface area (Å²) in [5.74, 6) is 0.743. The van der Waals surface area contributed by atoms with Crippen molar-refractivity contribution in [2.24, 2.45) is 5.92 Å². The van der Waals surface area contributed by atoms with Gasteiger partial charge in [0.2, 0.25) is 0 Å². The van der Waals surface area contributed by atoms with Gasteiger partial charge < -0.3 is 4.98 Å². The topological polar surface area (TPSA) is 41.6 Å². The maximum atomic E-state index is 4.52. The van der Waals surface area contributed by atoms with Gasteiger partial charge in [-0.2, -0.15) is 0 Å². The molecule has 1 fully saturated rings. The monoisotopic (exact) mass is 255 g/mol. The van der Waals surface area contributed by atoms with Gasteiger partial charge in [-0.3, -0.25) is 0 Å². The summed E-state index contributed by atoms with van der Waals surface area (Å²) >= 11 is 0. The number of H-pyrrole nitrogens is 1. The van der Waals surface area contributed by atoms with Gasteiger partial charge in [-0.15, -0.1) is 0 Å². The van der Waals surface area contributed by atoms with Crippen LogP contribution in [0.3, 0.4) is 0 Å². The SMILES string of the molecule is CCC(=CC1CCCCC1)c1ncnc2[nH]ccc12. The van der Waals surface area contributed by atoms with E-state index in [1.807, 2.05) is 6.20 Å². The third kappa shape index (κ3) is 2.55. The van der Waals surface area contributed by atoms with Crippen LogP contribution in [0.1, 0.15) is 51.1 Å². The lowest BCUT2D eigenvalue weighted by molar-refractivity contribution is 0.419. The Hall–Kier alpha value is -1.64. The molecule has 2 heterocycles. The maximum absolute atomic E-state index is 4.52. The van der Waals surface area contributed by atoms with Crippen molar-refractivity contribution in [1.82, 2.24) is 15.0 Å². The van der Waals surface area contributed by atoms with Crippen LogP contribution >= 0.6 is 0 Å². The van der Waals surface area contributed by atoms with E-state index in [1.165, 1.54) is 37.7 Å². The Morgan fingerprint density at radius 2 is 2.16 bits per heavy atom. The fourth-order valence-corrected chi connectivity index (χ4v) is 3.08. The molecule has 3 heteroatoms. The molecule has 1 saturated carbocycles. The Balaban J connectivity index is 1.97. The highest BCUT2D eigenvalue weighted by atomic mass is 14.9. The lowest BCUT2D eigenvalue weighted by atomic mass is 9.87. The summed E-state index contributed by atoms with van der Waals surface area (Å²) in [6, 6.07) is 2.08. The van der Waals surface area contributed by atoms with Gasteiger partial charge in [-0.25, -0.2) is 9.97 Å². The molecule has 1 N–H and O–H groups in total. The largest absolute Gasteiger partial charge is 0.346 e. The van der Waals surface area contributed by atoms with E-state index in [-0.39, 0.29) is 0 Å². The number of fused-ring (bicyclic) bond motifs is 1. The van der Waals surface area contributed by atoms with Crippen molar-refractivity contribution in [3.63, 3.8) is 0 Å². The fraction of sp³-hybridized carbons (Fsp3) is 0.500. The van der Waals surface area contributed by atoms with E-state index in [2.05, 4.69) is 34.0 Å². The predicted octanol–water partition coefficient (Wildman–Crippen LogP) is 4.33. The van der Waals surface area contributed by atoms with E-state index in [1.54, 1.807) is 6.33 Å². The quantitative estimate of drug-likeness (QED) is 0.886. The fourth-order valence-electron chi connectivity index (χ4n) is 3.08. The first-order valence-corrected chi connectivity index (χ1v) is 7.37. The second-order valence-corrected chi connectivity index (χ2v) is 5.41. The maximum Gasteiger partial charge on any atom is 0.141 e. The van der Waals surface area contributed by atoms with Crippen LogP contribution in [0.4, 0.5) is 0 Å². The number of hydrogen-bond acceptors (Lipinski definition) is 2. The summed E-state index contributed by atoms with van der Waals surface area (Å²) < 4.78 is 0. The van der Waals surface area contributed by atoms with E-state index < -0.39 is 0 Å². The van der Waals surface area contributed by atoms with Crippen LogP contribution in [0.25, 0.3) is 16.6 Å². The molecule has 0 saturated heterocycles. The standard InChI is InChI=1S/C16H21N3/c1-2-13(10-12-6-4-3-5-7-12)15-14-8-9-17-16(14)19-11-18-15/h8-12H,2-7H2,1H3,(H,17,18,19). The third-order valence-corrected chi connectivity index (χ3v) is 4.13. The molecule has 0 radical (unpaired) electrons. The van der Waals surface area contributed by atoms with Crippen molar-refractivity contribution in [2.75, 3.05) is 0 Å². The number of nitrogens with one attached hydrogen (secondary N) is 1. The van der Waals surface area contributed by atoms with Crippen molar-refractivity contribution in [1.29, 1.82) is 0 Å². The molecule has 0 unspecified atom stereocenters. The van der Waals surface area contributed by atoms with Crippen molar-refractivity contribution >= 4 is 16.6 Å². The Kier molecular flexibility index (Phi) is 3.62. The summed E-state index contributed by atoms with van der Waals surface area (Å²) in [4.78, 5) is 12.0. The molecule has 100 valence electrons. The molecule has 2 aromatic heterocycles. The average Bonchev–Trinajstić information content (AvgIpc) is 2.94. The zero-order valence-electron chi connectivity index (χ0n) is 11.5. The Morgan fingerprint density at radius 1 is 1.32 bits per heavy atom. The molecule has 0 amide bonds. The molecule has 0 atom stereocenters. The van der Waals surface area contributed by atoms with E-state index in [0.717, 1.165) is 29.1 Å². The third-order valence-electron chi connectivity index (χ3n) is 4.13. The van der Waals surface area contributed by atoms with Gasteiger partial charge >= 0.3 is 0 Å². The number of rotatable bonds is 3. The number of hydrogen-bond donors (Lipinski definition) is 1. The minimum absolute atomic E-state index is 0.743. The minimum atomic E-state index is 0.743. The van der Waals surface area contributed by atoms with E-state index in [0.29, 0.717) is 0 Å². The lowest BCUT2D eigenvalue weighted by Gasteiger charge is -2.19. The molecule has 0 bridgehead atoms. The summed E-state index contributed by atoms with van der Waals surface area (Å²) in [5, 5.41) is 1.14. The van der Waals surface area contributed by atoms with Crippen molar-refractivity contribution in [3.05, 3.63) is 30.4 Å². The molecule has 0 spiro atoms. The predicted molar refractivity (Wildman–Crippen MR) is 78.7 cm³/mol. The van der Waals surface area contributed by atoms with Crippen molar-refractivity contribution in [2.45, 2.75) is 45.4 Å². The Labute approximate surface area is 114 Å². The zero-order valence-corrected chi connectivity index (χ0v) is 11.5. The Morgan fingerprint density at radius 3 is 2.95 bits per heavy atom. The molecule has 1 aliphatic rings. The van der Waals surface area contributed by atoms with Crippen LogP contribution in [-0.4, -0.2) is 15.0 Å². The van der Waals surface area contributed by atoms with Gasteiger partial charge in [0, 0.05) is 11.6 Å². The summed E-state index contributed by atoms with van der Waals surface area (Å²) in [5.41, 5.74) is 3.42. The number of allylic oxidation sites excluding steroid dienone is 2. The second kappa shape index (κ2) is 5.55. The van der Waals surface area contributed by atoms with Crippen LogP contribution in [0, 0.1) is 5.92 Å². The average molecular weight is 255 g/mol. The van der Waals surface area contributed by atoms with Crippen LogP contribution in [0.15, 0.2) is 24.7 Å². The molecule has 1 aliphatic carbocycles. The number of aromatic nitrogens is 3. The van der Waals surface area contributed by atoms with Gasteiger partial charge in [0.15, 0.2) is 0 Å². The number of nitrogens with zero attached hydrogens (tertiary/aromatic N) is 2. The van der Waals surface area contributed by atoms with Gasteiger partial charge in [0.1, 0.15) is 12.0 Å². The smallest absolute Gasteiger partial charge is 0.141 e. The summed E-state index contributed by atoms with van der Waals surface area (Å²) in [6.45, 7) is 2.22. The van der Waals surface area contributed by atoms with Gasteiger partial charge in [0.25, 0.3) is 0 Å². The first-order chi connectivity index (χ1) is 9.38. The van der Waals surface area contributed by atoms with Gasteiger partial charge in [-0.1, -0.05) is 32.3 Å². The van der Waals surface area contributed by atoms with Crippen LogP contribution in [0.2, 0.25) is 0 Å². The first kappa shape index (κ1) is 12.4. The van der Waals surface area contributed by atoms with Crippen LogP contribution in [-0.2, 0) is 0 Å². The van der Waals surface area contributed by atoms with E-state index >= 15 is 0 Å². The second-order valence-electron chi connectivity index (χ2n) is 5.41. The highest BCUT2D eigenvalue weighted by molar-refractivity contribution is 5.87. The van der Waals surface area contributed by atoms with Crippen LogP contribution < -0.4 is 0 Å². The first-order valence-electron chi connectivity index (χ1n) is 7.37. The van der Waals surface area contributed by atoms with E-state index in [9.17, 15) is 0 Å². The van der Waals surface area contributed by atoms with Gasteiger partial charge in [-0.05, 0) is 36.8 Å². The molecule has 19 heavy (non-hydrogen) atoms. The Bertz CT molecular complexity index is 576. The molecule has 3 rings (SSSR count). The highest BCUT2D eigenvalue weighted by Gasteiger charge is 2.14. The summed E-state index contributed by atoms with van der Waals surface area (Å²) in [7, 11) is 0. The lowest BCUT2D eigenvalue weighted by Crippen LogP contribution is -2.04. The zero-order chi connectivity index (χ0) is 13.1. The molecular formula is C16H21N3. The summed E-state index contributed by atoms with van der Waals surface area (Å²) in [6.07, 6.45) is 13.9. The molecule has 0 aliphatic heterocycles. The number of aromatic amines is 1. The minimum Gasteiger partial charge on any atom is -0.346 e. The molecular weight excluding hydrogens is 234 g/mol. The molecule has 0 aromatic carbocycles. The highest BCUT2D eigenvalue weighted by Crippen LogP contribution is 2.30. The van der Waals surface area contributed by atoms with Gasteiger partial charge in [0.05, 0.1) is 5.69 Å². The van der Waals surface area contributed by atoms with Crippen LogP contribution in [0.5, 0.6) is 0 Å². The van der Waals surface area contributed by atoms with E-state index in [4.69, 9.17) is 0 Å². The molecule has 3 nitrogen and oxygen atoms in total.